The molecule has 38 heavy (non-hydrogen) atoms. The molecule has 0 radical (unpaired) electrons. The molecule has 1 aromatic rings. The van der Waals surface area contributed by atoms with Crippen molar-refractivity contribution in [3.8, 4) is 0 Å². The molecule has 1 aliphatic heterocycles. The SMILES string of the molecule is CC(C)[C@]1(C(=O)NCc2cc(C(F)(F)F)cc(C(F)(F)F)c2)CC[C@@H](NC2COC2)C1.O=C(O)C(F)(F)F. The first-order valence-electron chi connectivity index (χ1n) is 11.5. The van der Waals surface area contributed by atoms with Crippen molar-refractivity contribution in [1.29, 1.82) is 0 Å². The highest BCUT2D eigenvalue weighted by Gasteiger charge is 2.48. The number of alkyl halides is 9. The number of hydrogen-bond acceptors (Lipinski definition) is 4. The van der Waals surface area contributed by atoms with Crippen LogP contribution in [0.25, 0.3) is 0 Å². The van der Waals surface area contributed by atoms with Crippen molar-refractivity contribution in [2.75, 3.05) is 13.2 Å². The summed E-state index contributed by atoms with van der Waals surface area (Å²) >= 11 is 0. The molecule has 15 heteroatoms. The third kappa shape index (κ3) is 8.22. The lowest BCUT2D eigenvalue weighted by Gasteiger charge is -2.34. The number of hydrogen-bond donors (Lipinski definition) is 3. The number of aliphatic carboxylic acids is 1. The van der Waals surface area contributed by atoms with Gasteiger partial charge in [0, 0.05) is 12.6 Å². The number of amides is 1. The molecule has 0 spiro atoms. The fourth-order valence-electron chi connectivity index (χ4n) is 4.36. The molecule has 216 valence electrons. The molecule has 2 fully saturated rings. The van der Waals surface area contributed by atoms with Gasteiger partial charge in [0.2, 0.25) is 5.91 Å². The second kappa shape index (κ2) is 11.7. The third-order valence-corrected chi connectivity index (χ3v) is 6.56. The first kappa shape index (κ1) is 31.7. The number of rotatable bonds is 6. The Bertz CT molecular complexity index is 956. The molecule has 1 aromatic carbocycles. The Hall–Kier alpha value is -2.55. The number of halogens is 9. The molecule has 1 amide bonds. The predicted molar refractivity (Wildman–Crippen MR) is 115 cm³/mol. The number of benzene rings is 1. The van der Waals surface area contributed by atoms with E-state index in [-0.39, 0.29) is 35.5 Å². The van der Waals surface area contributed by atoms with Crippen LogP contribution in [0.4, 0.5) is 39.5 Å². The van der Waals surface area contributed by atoms with E-state index in [0.29, 0.717) is 38.2 Å². The van der Waals surface area contributed by atoms with Crippen LogP contribution in [-0.4, -0.2) is 48.5 Å². The molecule has 2 aliphatic rings. The Balaban J connectivity index is 0.000000638. The first-order valence-corrected chi connectivity index (χ1v) is 11.5. The van der Waals surface area contributed by atoms with Crippen molar-refractivity contribution >= 4 is 11.9 Å². The minimum absolute atomic E-state index is 0.0378. The Morgan fingerprint density at radius 2 is 1.47 bits per heavy atom. The first-order chi connectivity index (χ1) is 17.3. The number of carboxylic acid groups (broad SMARTS) is 1. The van der Waals surface area contributed by atoms with Crippen LogP contribution in [0.15, 0.2) is 18.2 Å². The number of nitrogens with one attached hydrogen (secondary N) is 2. The van der Waals surface area contributed by atoms with Crippen molar-refractivity contribution < 1.29 is 58.9 Å². The molecule has 2 atom stereocenters. The zero-order valence-electron chi connectivity index (χ0n) is 20.3. The lowest BCUT2D eigenvalue weighted by molar-refractivity contribution is -0.192. The van der Waals surface area contributed by atoms with Gasteiger partial charge in [-0.25, -0.2) is 4.79 Å². The summed E-state index contributed by atoms with van der Waals surface area (Å²) in [5.74, 6) is -3.14. The average molecular weight is 566 g/mol. The smallest absolute Gasteiger partial charge is 0.475 e. The predicted octanol–water partition coefficient (Wildman–Crippen LogP) is 5.16. The molecule has 1 saturated heterocycles. The topological polar surface area (TPSA) is 87.7 Å². The Morgan fingerprint density at radius 3 is 1.84 bits per heavy atom. The van der Waals surface area contributed by atoms with E-state index in [4.69, 9.17) is 14.6 Å². The maximum absolute atomic E-state index is 13.1. The fourth-order valence-corrected chi connectivity index (χ4v) is 4.36. The Labute approximate surface area is 211 Å². The maximum Gasteiger partial charge on any atom is 0.490 e. The number of carbonyl (C=O) groups excluding carboxylic acids is 1. The van der Waals surface area contributed by atoms with E-state index >= 15 is 0 Å². The summed E-state index contributed by atoms with van der Waals surface area (Å²) in [6.45, 7) is 4.64. The monoisotopic (exact) mass is 566 g/mol. The summed E-state index contributed by atoms with van der Waals surface area (Å²) in [5.41, 5.74) is -3.75. The van der Waals surface area contributed by atoms with Crippen LogP contribution >= 0.6 is 0 Å². The normalized spacial score (nSPS) is 22.5. The van der Waals surface area contributed by atoms with Gasteiger partial charge in [0.1, 0.15) is 0 Å². The van der Waals surface area contributed by atoms with Crippen molar-refractivity contribution in [3.63, 3.8) is 0 Å². The highest BCUT2D eigenvalue weighted by atomic mass is 19.4. The van der Waals surface area contributed by atoms with E-state index in [1.54, 1.807) is 0 Å². The van der Waals surface area contributed by atoms with E-state index in [1.807, 2.05) is 13.8 Å². The van der Waals surface area contributed by atoms with Crippen LogP contribution in [0.5, 0.6) is 0 Å². The quantitative estimate of drug-likeness (QED) is 0.415. The van der Waals surface area contributed by atoms with Gasteiger partial charge in [-0.2, -0.15) is 39.5 Å². The van der Waals surface area contributed by atoms with E-state index in [2.05, 4.69) is 10.6 Å². The summed E-state index contributed by atoms with van der Waals surface area (Å²) in [7, 11) is 0. The standard InChI is InChI=1S/C21H26F6N2O2.C2HF3O2/c1-12(2)19(4-3-16(8-19)29-17-10-31-11-17)18(30)28-9-13-5-14(20(22,23)24)7-15(6-13)21(25,26)27;3-2(4,5)1(6)7/h5-7,12,16-17,29H,3-4,8-11H2,1-2H3,(H,28,30);(H,6,7)/t16-,19+;/m1./s1. The zero-order valence-corrected chi connectivity index (χ0v) is 20.3. The van der Waals surface area contributed by atoms with Crippen LogP contribution in [0.3, 0.4) is 0 Å². The van der Waals surface area contributed by atoms with Crippen molar-refractivity contribution in [3.05, 3.63) is 34.9 Å². The van der Waals surface area contributed by atoms with E-state index < -0.39 is 47.6 Å². The van der Waals surface area contributed by atoms with Gasteiger partial charge < -0.3 is 20.5 Å². The van der Waals surface area contributed by atoms with Crippen molar-refractivity contribution in [2.24, 2.45) is 11.3 Å². The van der Waals surface area contributed by atoms with Gasteiger partial charge >= 0.3 is 24.5 Å². The summed E-state index contributed by atoms with van der Waals surface area (Å²) < 4.78 is 115. The summed E-state index contributed by atoms with van der Waals surface area (Å²) in [6.07, 6.45) is -13.0. The summed E-state index contributed by atoms with van der Waals surface area (Å²) in [4.78, 5) is 21.9. The van der Waals surface area contributed by atoms with Gasteiger partial charge in [-0.15, -0.1) is 0 Å². The van der Waals surface area contributed by atoms with Crippen molar-refractivity contribution in [2.45, 2.75) is 70.3 Å². The minimum Gasteiger partial charge on any atom is -0.475 e. The largest absolute Gasteiger partial charge is 0.490 e. The minimum atomic E-state index is -5.08. The number of carbonyl (C=O) groups is 2. The van der Waals surface area contributed by atoms with Crippen molar-refractivity contribution in [1.82, 2.24) is 10.6 Å². The molecule has 3 N–H and O–H groups in total. The summed E-state index contributed by atoms with van der Waals surface area (Å²) in [5, 5.41) is 13.2. The molecule has 1 aliphatic carbocycles. The van der Waals surface area contributed by atoms with Gasteiger partial charge in [-0.05, 0) is 48.9 Å². The number of carboxylic acids is 1. The summed E-state index contributed by atoms with van der Waals surface area (Å²) in [6, 6.07) is 1.74. The Kier molecular flexibility index (Phi) is 9.73. The second-order valence-corrected chi connectivity index (χ2v) is 9.55. The van der Waals surface area contributed by atoms with Gasteiger partial charge in [0.05, 0.1) is 35.8 Å². The molecule has 3 rings (SSSR count). The molecular weight excluding hydrogens is 539 g/mol. The van der Waals surface area contributed by atoms with Crippen LogP contribution < -0.4 is 10.6 Å². The average Bonchev–Trinajstić information content (AvgIpc) is 3.18. The van der Waals surface area contributed by atoms with Gasteiger partial charge in [0.25, 0.3) is 0 Å². The van der Waals surface area contributed by atoms with E-state index in [1.165, 1.54) is 0 Å². The van der Waals surface area contributed by atoms with Crippen LogP contribution in [0.2, 0.25) is 0 Å². The van der Waals surface area contributed by atoms with Crippen LogP contribution in [0, 0.1) is 11.3 Å². The molecule has 6 nitrogen and oxygen atoms in total. The molecule has 0 bridgehead atoms. The maximum atomic E-state index is 13.1. The van der Waals surface area contributed by atoms with Crippen LogP contribution in [0.1, 0.15) is 49.8 Å². The molecule has 1 heterocycles. The van der Waals surface area contributed by atoms with E-state index in [9.17, 15) is 44.3 Å². The molecule has 0 unspecified atom stereocenters. The third-order valence-electron chi connectivity index (χ3n) is 6.56. The van der Waals surface area contributed by atoms with Gasteiger partial charge in [-0.3, -0.25) is 4.79 Å². The molecule has 0 aromatic heterocycles. The van der Waals surface area contributed by atoms with Gasteiger partial charge in [0.15, 0.2) is 0 Å². The lowest BCUT2D eigenvalue weighted by Crippen LogP contribution is -2.50. The lowest BCUT2D eigenvalue weighted by atomic mass is 9.74. The molecular formula is C23H27F9N2O4. The highest BCUT2D eigenvalue weighted by Crippen LogP contribution is 2.45. The second-order valence-electron chi connectivity index (χ2n) is 9.55. The van der Waals surface area contributed by atoms with E-state index in [0.717, 1.165) is 6.42 Å². The molecule has 1 saturated carbocycles. The van der Waals surface area contributed by atoms with Gasteiger partial charge in [-0.1, -0.05) is 13.8 Å². The van der Waals surface area contributed by atoms with Crippen LogP contribution in [-0.2, 0) is 33.2 Å². The zero-order chi connectivity index (χ0) is 29.1. The fraction of sp³-hybridized carbons (Fsp3) is 0.652. The highest BCUT2D eigenvalue weighted by molar-refractivity contribution is 5.83. The number of ether oxygens (including phenoxy) is 1. The Morgan fingerprint density at radius 1 is 0.974 bits per heavy atom.